The highest BCUT2D eigenvalue weighted by Gasteiger charge is 2.14. The monoisotopic (exact) mass is 395 g/mol. The van der Waals surface area contributed by atoms with E-state index in [1.54, 1.807) is 31.2 Å². The molecule has 1 amide bonds. The third-order valence-corrected chi connectivity index (χ3v) is 4.49. The Labute approximate surface area is 170 Å². The Morgan fingerprint density at radius 1 is 1.07 bits per heavy atom. The van der Waals surface area contributed by atoms with E-state index in [1.165, 1.54) is 0 Å². The molecule has 2 aromatic carbocycles. The van der Waals surface area contributed by atoms with Crippen LogP contribution in [-0.2, 0) is 11.3 Å². The summed E-state index contributed by atoms with van der Waals surface area (Å²) in [7, 11) is 3.19. The van der Waals surface area contributed by atoms with Gasteiger partial charge in [0.25, 0.3) is 5.91 Å². The molecular formula is C22H25N3O4. The summed E-state index contributed by atoms with van der Waals surface area (Å²) in [6, 6.07) is 13.3. The fraction of sp³-hybridized carbons (Fsp3) is 0.273. The van der Waals surface area contributed by atoms with Gasteiger partial charge in [0, 0.05) is 11.6 Å². The molecule has 3 aromatic rings. The van der Waals surface area contributed by atoms with E-state index in [0.29, 0.717) is 29.6 Å². The molecule has 1 N–H and O–H groups in total. The summed E-state index contributed by atoms with van der Waals surface area (Å²) >= 11 is 0. The smallest absolute Gasteiger partial charge is 0.263 e. The number of rotatable bonds is 8. The maximum atomic E-state index is 12.4. The maximum absolute atomic E-state index is 12.4. The number of benzene rings is 2. The lowest BCUT2D eigenvalue weighted by atomic mass is 10.1. The molecule has 0 saturated carbocycles. The summed E-state index contributed by atoms with van der Waals surface area (Å²) in [6.07, 6.45) is 1.63. The molecule has 1 heterocycles. The number of anilines is 1. The van der Waals surface area contributed by atoms with Gasteiger partial charge in [-0.1, -0.05) is 24.3 Å². The van der Waals surface area contributed by atoms with E-state index < -0.39 is 0 Å². The lowest BCUT2D eigenvalue weighted by molar-refractivity contribution is -0.118. The molecule has 29 heavy (non-hydrogen) atoms. The van der Waals surface area contributed by atoms with Crippen molar-refractivity contribution in [2.45, 2.75) is 20.4 Å². The van der Waals surface area contributed by atoms with Crippen LogP contribution in [0.4, 0.5) is 5.82 Å². The number of methoxy groups -OCH3 is 2. The zero-order valence-corrected chi connectivity index (χ0v) is 17.1. The van der Waals surface area contributed by atoms with Crippen LogP contribution in [0.3, 0.4) is 0 Å². The molecule has 0 aliphatic heterocycles. The first kappa shape index (κ1) is 20.3. The Bertz CT molecular complexity index is 997. The van der Waals surface area contributed by atoms with Crippen LogP contribution in [-0.4, -0.2) is 36.5 Å². The number of carbonyl (C=O) groups excluding carboxylic acids is 1. The molecule has 0 atom stereocenters. The number of hydrogen-bond acceptors (Lipinski definition) is 5. The van der Waals surface area contributed by atoms with Gasteiger partial charge in [0.1, 0.15) is 11.6 Å². The van der Waals surface area contributed by atoms with Crippen molar-refractivity contribution in [1.29, 1.82) is 0 Å². The molecule has 152 valence electrons. The second-order valence-electron chi connectivity index (χ2n) is 6.63. The molecule has 0 spiro atoms. The molecule has 0 fully saturated rings. The van der Waals surface area contributed by atoms with Gasteiger partial charge in [-0.3, -0.25) is 4.79 Å². The Kier molecular flexibility index (Phi) is 6.39. The largest absolute Gasteiger partial charge is 0.493 e. The standard InChI is InChI=1S/C22H25N3O4/c1-15-8-9-16(2)19(12-15)29-14-21(26)24-20-10-11-23-25(20)13-17-6-5-7-18(27-3)22(17)28-4/h5-12H,13-14H2,1-4H3,(H,24,26). The second kappa shape index (κ2) is 9.14. The van der Waals surface area contributed by atoms with E-state index >= 15 is 0 Å². The first-order valence-electron chi connectivity index (χ1n) is 9.23. The number of amides is 1. The average Bonchev–Trinajstić information content (AvgIpc) is 3.14. The van der Waals surface area contributed by atoms with Crippen molar-refractivity contribution < 1.29 is 19.0 Å². The van der Waals surface area contributed by atoms with Crippen LogP contribution >= 0.6 is 0 Å². The van der Waals surface area contributed by atoms with Crippen molar-refractivity contribution in [2.75, 3.05) is 26.1 Å². The number of nitrogens with zero attached hydrogens (tertiary/aromatic N) is 2. The molecule has 1 aromatic heterocycles. The van der Waals surface area contributed by atoms with Gasteiger partial charge >= 0.3 is 0 Å². The van der Waals surface area contributed by atoms with E-state index in [2.05, 4.69) is 10.4 Å². The van der Waals surface area contributed by atoms with Crippen LogP contribution in [0.2, 0.25) is 0 Å². The fourth-order valence-corrected chi connectivity index (χ4v) is 2.99. The molecule has 3 rings (SSSR count). The van der Waals surface area contributed by atoms with Gasteiger partial charge in [-0.15, -0.1) is 0 Å². The summed E-state index contributed by atoms with van der Waals surface area (Å²) in [5, 5.41) is 7.15. The number of aryl methyl sites for hydroxylation is 2. The van der Waals surface area contributed by atoms with E-state index in [-0.39, 0.29) is 12.5 Å². The molecule has 0 unspecified atom stereocenters. The van der Waals surface area contributed by atoms with Crippen molar-refractivity contribution in [3.8, 4) is 17.2 Å². The van der Waals surface area contributed by atoms with Gasteiger partial charge in [0.15, 0.2) is 18.1 Å². The first-order valence-corrected chi connectivity index (χ1v) is 9.23. The number of para-hydroxylation sites is 1. The van der Waals surface area contributed by atoms with Crippen molar-refractivity contribution in [2.24, 2.45) is 0 Å². The molecule has 0 aliphatic rings. The lowest BCUT2D eigenvalue weighted by Gasteiger charge is -2.14. The van der Waals surface area contributed by atoms with Gasteiger partial charge in [-0.25, -0.2) is 4.68 Å². The van der Waals surface area contributed by atoms with Gasteiger partial charge < -0.3 is 19.5 Å². The number of aromatic nitrogens is 2. The van der Waals surface area contributed by atoms with Crippen LogP contribution in [0.25, 0.3) is 0 Å². The first-order chi connectivity index (χ1) is 14.0. The van der Waals surface area contributed by atoms with E-state index in [9.17, 15) is 4.79 Å². The summed E-state index contributed by atoms with van der Waals surface area (Å²) in [5.74, 6) is 2.30. The number of carbonyl (C=O) groups is 1. The van der Waals surface area contributed by atoms with Crippen molar-refractivity contribution >= 4 is 11.7 Å². The fourth-order valence-electron chi connectivity index (χ4n) is 2.99. The van der Waals surface area contributed by atoms with Crippen molar-refractivity contribution in [3.05, 3.63) is 65.4 Å². The van der Waals surface area contributed by atoms with Gasteiger partial charge in [-0.2, -0.15) is 5.10 Å². The number of ether oxygens (including phenoxy) is 3. The van der Waals surface area contributed by atoms with E-state index in [0.717, 1.165) is 16.7 Å². The molecule has 0 saturated heterocycles. The van der Waals surface area contributed by atoms with Crippen LogP contribution < -0.4 is 19.5 Å². The minimum atomic E-state index is -0.259. The number of hydrogen-bond donors (Lipinski definition) is 1. The lowest BCUT2D eigenvalue weighted by Crippen LogP contribution is -2.22. The minimum absolute atomic E-state index is 0.0854. The highest BCUT2D eigenvalue weighted by molar-refractivity contribution is 5.91. The Balaban J connectivity index is 1.68. The summed E-state index contributed by atoms with van der Waals surface area (Å²) in [4.78, 5) is 12.4. The predicted molar refractivity (Wildman–Crippen MR) is 111 cm³/mol. The van der Waals surface area contributed by atoms with Crippen LogP contribution in [0.1, 0.15) is 16.7 Å². The number of nitrogens with one attached hydrogen (secondary N) is 1. The zero-order valence-electron chi connectivity index (χ0n) is 17.1. The highest BCUT2D eigenvalue weighted by Crippen LogP contribution is 2.31. The molecule has 0 bridgehead atoms. The molecule has 0 aliphatic carbocycles. The second-order valence-corrected chi connectivity index (χ2v) is 6.63. The molecular weight excluding hydrogens is 370 g/mol. The zero-order chi connectivity index (χ0) is 20.8. The average molecular weight is 395 g/mol. The Hall–Kier alpha value is -3.48. The van der Waals surface area contributed by atoms with Crippen LogP contribution in [0.15, 0.2) is 48.7 Å². The summed E-state index contributed by atoms with van der Waals surface area (Å²) < 4.78 is 18.2. The van der Waals surface area contributed by atoms with Gasteiger partial charge in [-0.05, 0) is 37.1 Å². The van der Waals surface area contributed by atoms with E-state index in [1.807, 2.05) is 50.2 Å². The Morgan fingerprint density at radius 2 is 1.90 bits per heavy atom. The quantitative estimate of drug-likeness (QED) is 0.631. The van der Waals surface area contributed by atoms with Crippen molar-refractivity contribution in [3.63, 3.8) is 0 Å². The summed E-state index contributed by atoms with van der Waals surface area (Å²) in [5.41, 5.74) is 2.95. The molecule has 0 radical (unpaired) electrons. The maximum Gasteiger partial charge on any atom is 0.263 e. The van der Waals surface area contributed by atoms with Gasteiger partial charge in [0.05, 0.1) is 27.0 Å². The van der Waals surface area contributed by atoms with E-state index in [4.69, 9.17) is 14.2 Å². The molecule has 7 nitrogen and oxygen atoms in total. The highest BCUT2D eigenvalue weighted by atomic mass is 16.5. The predicted octanol–water partition coefficient (Wildman–Crippen LogP) is 3.58. The summed E-state index contributed by atoms with van der Waals surface area (Å²) in [6.45, 7) is 4.26. The minimum Gasteiger partial charge on any atom is -0.493 e. The molecule has 7 heteroatoms. The SMILES string of the molecule is COc1cccc(Cn2nccc2NC(=O)COc2cc(C)ccc2C)c1OC. The topological polar surface area (TPSA) is 74.6 Å². The van der Waals surface area contributed by atoms with Gasteiger partial charge in [0.2, 0.25) is 0 Å². The normalized spacial score (nSPS) is 10.5. The third kappa shape index (κ3) is 4.87. The van der Waals surface area contributed by atoms with Crippen LogP contribution in [0.5, 0.6) is 17.2 Å². The van der Waals surface area contributed by atoms with Crippen molar-refractivity contribution in [1.82, 2.24) is 9.78 Å². The third-order valence-electron chi connectivity index (χ3n) is 4.49. The van der Waals surface area contributed by atoms with Crippen LogP contribution in [0, 0.1) is 13.8 Å². The Morgan fingerprint density at radius 3 is 2.66 bits per heavy atom.